The Labute approximate surface area is 43.9 Å². The van der Waals surface area contributed by atoms with Gasteiger partial charge in [-0.2, -0.15) is 0 Å². The number of rotatable bonds is 1. The molecule has 0 heterocycles. The van der Waals surface area contributed by atoms with Gasteiger partial charge in [-0.3, -0.25) is 0 Å². The highest BCUT2D eigenvalue weighted by Gasteiger charge is 1.57. The summed E-state index contributed by atoms with van der Waals surface area (Å²) in [4.78, 5) is 0. The van der Waals surface area contributed by atoms with E-state index in [-0.39, 0.29) is 17.9 Å². The molecule has 0 saturated carbocycles. The third-order valence-electron chi connectivity index (χ3n) is 0.224. The molecule has 0 aromatic carbocycles. The average molecular weight is 115 g/mol. The number of hydrogen-bond acceptors (Lipinski definition) is 1. The summed E-state index contributed by atoms with van der Waals surface area (Å²) in [7, 11) is 0. The van der Waals surface area contributed by atoms with Crippen LogP contribution in [0.25, 0.3) is 0 Å². The van der Waals surface area contributed by atoms with Gasteiger partial charge < -0.3 is 10.6 Å². The van der Waals surface area contributed by atoms with Gasteiger partial charge in [-0.05, 0) is 6.42 Å². The van der Waals surface area contributed by atoms with Gasteiger partial charge in [0.25, 0.3) is 0 Å². The first-order valence-electron chi connectivity index (χ1n) is 1.52. The fraction of sp³-hybridized carbons (Fsp3) is 1.00. The van der Waals surface area contributed by atoms with Crippen molar-refractivity contribution in [2.45, 2.75) is 13.3 Å². The highest BCUT2D eigenvalue weighted by Crippen LogP contribution is 1.61. The Hall–Kier alpha value is 0.210. The molecule has 0 atom stereocenters. The van der Waals surface area contributed by atoms with Gasteiger partial charge in [-0.1, -0.05) is 6.92 Å². The summed E-state index contributed by atoms with van der Waals surface area (Å²) in [5.41, 5.74) is 0. The zero-order chi connectivity index (χ0) is 3.41. The lowest BCUT2D eigenvalue weighted by Crippen LogP contribution is -1.69. The minimum atomic E-state index is 0. The lowest BCUT2D eigenvalue weighted by molar-refractivity contribution is 0.295. The van der Waals surface area contributed by atoms with E-state index < -0.39 is 0 Å². The lowest BCUT2D eigenvalue weighted by Gasteiger charge is -1.69. The molecule has 0 amide bonds. The predicted octanol–water partition coefficient (Wildman–Crippen LogP) is -0.0142. The predicted molar refractivity (Wildman–Crippen MR) is 28.2 cm³/mol. The molecular weight excluding hydrogens is 103 g/mol. The number of hydrogen-bond donors (Lipinski definition) is 1. The molecule has 2 nitrogen and oxygen atoms in total. The van der Waals surface area contributed by atoms with E-state index in [4.69, 9.17) is 5.11 Å². The third-order valence-corrected chi connectivity index (χ3v) is 0.224. The van der Waals surface area contributed by atoms with E-state index in [0.29, 0.717) is 6.61 Å². The van der Waals surface area contributed by atoms with Crippen LogP contribution in [0.15, 0.2) is 0 Å². The third kappa shape index (κ3) is 29.6. The van der Waals surface area contributed by atoms with Gasteiger partial charge >= 0.3 is 0 Å². The fourth-order valence-corrected chi connectivity index (χ4v) is 0. The Morgan fingerprint density at radius 2 is 1.67 bits per heavy atom. The second-order valence-electron chi connectivity index (χ2n) is 0.724. The number of aliphatic hydroxyl groups excluding tert-OH is 1. The van der Waals surface area contributed by atoms with Gasteiger partial charge in [0.15, 0.2) is 0 Å². The van der Waals surface area contributed by atoms with Crippen LogP contribution in [0, 0.1) is 0 Å². The first kappa shape index (κ1) is 16.4. The summed E-state index contributed by atoms with van der Waals surface area (Å²) in [6.45, 7) is 2.25. The van der Waals surface area contributed by atoms with Crippen LogP contribution in [0.2, 0.25) is 0 Å². The smallest absolute Gasteiger partial charge is 0.0428 e. The van der Waals surface area contributed by atoms with Gasteiger partial charge in [0, 0.05) is 6.61 Å². The molecule has 0 rings (SSSR count). The summed E-state index contributed by atoms with van der Waals surface area (Å²) >= 11 is 0. The Morgan fingerprint density at radius 3 is 1.67 bits per heavy atom. The largest absolute Gasteiger partial charge is 0.412 e. The molecule has 0 radical (unpaired) electrons. The molecule has 6 heavy (non-hydrogen) atoms. The molecule has 0 bridgehead atoms. The zero-order valence-electron chi connectivity index (χ0n) is 3.77. The summed E-state index contributed by atoms with van der Waals surface area (Å²) in [5.74, 6) is 0. The van der Waals surface area contributed by atoms with Crippen LogP contribution >= 0.6 is 12.4 Å². The first-order valence-corrected chi connectivity index (χ1v) is 1.52. The fourth-order valence-electron chi connectivity index (χ4n) is 0. The van der Waals surface area contributed by atoms with Gasteiger partial charge in [0.05, 0.1) is 0 Å². The Bertz CT molecular complexity index is 10.8. The minimum Gasteiger partial charge on any atom is -0.412 e. The highest BCUT2D eigenvalue weighted by molar-refractivity contribution is 5.85. The van der Waals surface area contributed by atoms with E-state index >= 15 is 0 Å². The van der Waals surface area contributed by atoms with Crippen LogP contribution in [0.3, 0.4) is 0 Å². The summed E-state index contributed by atoms with van der Waals surface area (Å²) in [6, 6.07) is 0. The molecule has 0 aromatic rings. The molecule has 0 aliphatic rings. The molecule has 0 aliphatic heterocycles. The van der Waals surface area contributed by atoms with Crippen molar-refractivity contribution >= 4 is 12.4 Å². The van der Waals surface area contributed by atoms with E-state index in [2.05, 4.69) is 0 Å². The average Bonchev–Trinajstić information content (AvgIpc) is 1.37. The van der Waals surface area contributed by atoms with Crippen molar-refractivity contribution in [3.05, 3.63) is 0 Å². The minimum absolute atomic E-state index is 0. The molecule has 3 N–H and O–H groups in total. The number of halogens is 1. The Morgan fingerprint density at radius 1 is 1.50 bits per heavy atom. The van der Waals surface area contributed by atoms with Crippen molar-refractivity contribution < 1.29 is 10.6 Å². The van der Waals surface area contributed by atoms with E-state index in [1.165, 1.54) is 0 Å². The highest BCUT2D eigenvalue weighted by atomic mass is 35.5. The lowest BCUT2D eigenvalue weighted by atomic mass is 10.5. The second kappa shape index (κ2) is 18.9. The van der Waals surface area contributed by atoms with E-state index in [1.54, 1.807) is 0 Å². The van der Waals surface area contributed by atoms with Gasteiger partial charge in [0.1, 0.15) is 0 Å². The molecule has 3 heteroatoms. The van der Waals surface area contributed by atoms with Crippen LogP contribution in [0.4, 0.5) is 0 Å². The van der Waals surface area contributed by atoms with Crippen molar-refractivity contribution in [3.8, 4) is 0 Å². The van der Waals surface area contributed by atoms with Crippen LogP contribution in [0.1, 0.15) is 13.3 Å². The van der Waals surface area contributed by atoms with Crippen molar-refractivity contribution in [2.24, 2.45) is 0 Å². The molecular formula is C3H11ClO2. The maximum Gasteiger partial charge on any atom is 0.0428 e. The van der Waals surface area contributed by atoms with Crippen molar-refractivity contribution in [2.75, 3.05) is 6.61 Å². The quantitative estimate of drug-likeness (QED) is 0.512. The monoisotopic (exact) mass is 114 g/mol. The van der Waals surface area contributed by atoms with Crippen molar-refractivity contribution in [1.82, 2.24) is 0 Å². The number of aliphatic hydroxyl groups is 1. The molecule has 42 valence electrons. The zero-order valence-corrected chi connectivity index (χ0v) is 4.59. The molecule has 0 saturated heterocycles. The molecule has 0 aliphatic carbocycles. The van der Waals surface area contributed by atoms with Crippen molar-refractivity contribution in [3.63, 3.8) is 0 Å². The van der Waals surface area contributed by atoms with Gasteiger partial charge in [-0.25, -0.2) is 0 Å². The van der Waals surface area contributed by atoms with E-state index in [1.807, 2.05) is 6.92 Å². The summed E-state index contributed by atoms with van der Waals surface area (Å²) < 4.78 is 0. The van der Waals surface area contributed by atoms with Crippen LogP contribution in [-0.4, -0.2) is 17.2 Å². The summed E-state index contributed by atoms with van der Waals surface area (Å²) in [5, 5.41) is 7.88. The molecule has 0 unspecified atom stereocenters. The van der Waals surface area contributed by atoms with E-state index in [9.17, 15) is 0 Å². The van der Waals surface area contributed by atoms with Gasteiger partial charge in [-0.15, -0.1) is 12.4 Å². The molecule has 0 aromatic heterocycles. The standard InChI is InChI=1S/C3H8O.ClH.H2O/c1-2-3-4;;/h4H,2-3H2,1H3;1H;1H2. The van der Waals surface area contributed by atoms with E-state index in [0.717, 1.165) is 6.42 Å². The Kier molecular flexibility index (Phi) is 51.5. The van der Waals surface area contributed by atoms with Crippen LogP contribution in [-0.2, 0) is 0 Å². The topological polar surface area (TPSA) is 51.7 Å². The summed E-state index contributed by atoms with van der Waals surface area (Å²) in [6.07, 6.45) is 0.875. The maximum absolute atomic E-state index is 7.88. The second-order valence-corrected chi connectivity index (χ2v) is 0.724. The maximum atomic E-state index is 7.88. The normalized spacial score (nSPS) is 5.00. The molecule has 0 spiro atoms. The van der Waals surface area contributed by atoms with Gasteiger partial charge in [0.2, 0.25) is 0 Å². The van der Waals surface area contributed by atoms with Crippen LogP contribution < -0.4 is 0 Å². The SMILES string of the molecule is CCCO.Cl.O. The Balaban J connectivity index is -0.0000000450. The molecule has 0 fully saturated rings. The van der Waals surface area contributed by atoms with Crippen molar-refractivity contribution in [1.29, 1.82) is 0 Å². The van der Waals surface area contributed by atoms with Crippen LogP contribution in [0.5, 0.6) is 0 Å². The first-order chi connectivity index (χ1) is 1.91.